The molecule has 0 heterocycles. The Morgan fingerprint density at radius 1 is 1.26 bits per heavy atom. The van der Waals surface area contributed by atoms with E-state index in [1.807, 2.05) is 0 Å². The summed E-state index contributed by atoms with van der Waals surface area (Å²) in [5.41, 5.74) is 3.03. The molecule has 0 saturated heterocycles. The van der Waals surface area contributed by atoms with Gasteiger partial charge in [0.15, 0.2) is 0 Å². The van der Waals surface area contributed by atoms with Crippen molar-refractivity contribution in [3.63, 3.8) is 0 Å². The van der Waals surface area contributed by atoms with Gasteiger partial charge in [-0.1, -0.05) is 0 Å². The normalized spacial score (nSPS) is 13.6. The van der Waals surface area contributed by atoms with Crippen molar-refractivity contribution in [2.24, 2.45) is 0 Å². The van der Waals surface area contributed by atoms with Crippen molar-refractivity contribution in [2.45, 2.75) is 43.7 Å². The molecule has 0 atom stereocenters. The van der Waals surface area contributed by atoms with Crippen molar-refractivity contribution in [1.29, 1.82) is 0 Å². The van der Waals surface area contributed by atoms with Crippen molar-refractivity contribution < 1.29 is 17.9 Å². The third kappa shape index (κ3) is 3.43. The first-order valence-corrected chi connectivity index (χ1v) is 7.16. The SMILES string of the molecule is CC(C)(O)C(C)(C)NS(=O)(=O)c1ccc(N)cc1F. The third-order valence-corrected chi connectivity index (χ3v) is 4.85. The van der Waals surface area contributed by atoms with Gasteiger partial charge in [0.1, 0.15) is 10.7 Å². The van der Waals surface area contributed by atoms with Crippen molar-refractivity contribution in [3.05, 3.63) is 24.0 Å². The van der Waals surface area contributed by atoms with Crippen molar-refractivity contribution in [3.8, 4) is 0 Å². The predicted molar refractivity (Wildman–Crippen MR) is 71.5 cm³/mol. The molecule has 0 bridgehead atoms. The maximum atomic E-state index is 13.7. The fraction of sp³-hybridized carbons (Fsp3) is 0.500. The zero-order valence-corrected chi connectivity index (χ0v) is 12.2. The summed E-state index contributed by atoms with van der Waals surface area (Å²) in [6, 6.07) is 3.33. The largest absolute Gasteiger partial charge is 0.399 e. The molecule has 0 saturated carbocycles. The highest BCUT2D eigenvalue weighted by atomic mass is 32.2. The van der Waals surface area contributed by atoms with Crippen LogP contribution in [-0.4, -0.2) is 24.7 Å². The number of hydrogen-bond donors (Lipinski definition) is 3. The summed E-state index contributed by atoms with van der Waals surface area (Å²) in [6.45, 7) is 5.96. The smallest absolute Gasteiger partial charge is 0.244 e. The fourth-order valence-electron chi connectivity index (χ4n) is 1.25. The molecule has 0 amide bonds. The van der Waals surface area contributed by atoms with Gasteiger partial charge >= 0.3 is 0 Å². The van der Waals surface area contributed by atoms with Crippen LogP contribution in [0, 0.1) is 5.82 Å². The van der Waals surface area contributed by atoms with Crippen molar-refractivity contribution in [1.82, 2.24) is 4.72 Å². The van der Waals surface area contributed by atoms with E-state index in [2.05, 4.69) is 4.72 Å². The molecule has 1 aromatic rings. The van der Waals surface area contributed by atoms with Gasteiger partial charge in [-0.3, -0.25) is 0 Å². The van der Waals surface area contributed by atoms with Gasteiger partial charge in [-0.05, 0) is 45.9 Å². The van der Waals surface area contributed by atoms with Crippen LogP contribution in [0.1, 0.15) is 27.7 Å². The lowest BCUT2D eigenvalue weighted by molar-refractivity contribution is 0.00636. The van der Waals surface area contributed by atoms with E-state index in [1.165, 1.54) is 33.8 Å². The van der Waals surface area contributed by atoms with E-state index in [1.54, 1.807) is 0 Å². The van der Waals surface area contributed by atoms with Gasteiger partial charge < -0.3 is 10.8 Å². The Bertz CT molecular complexity index is 577. The average Bonchev–Trinajstić information content (AvgIpc) is 2.12. The molecule has 7 heteroatoms. The number of halogens is 1. The first-order valence-electron chi connectivity index (χ1n) is 5.68. The molecule has 0 radical (unpaired) electrons. The topological polar surface area (TPSA) is 92.4 Å². The Balaban J connectivity index is 3.20. The highest BCUT2D eigenvalue weighted by molar-refractivity contribution is 7.89. The molecule has 0 spiro atoms. The number of hydrogen-bond acceptors (Lipinski definition) is 4. The number of benzene rings is 1. The number of sulfonamides is 1. The Morgan fingerprint density at radius 3 is 2.21 bits per heavy atom. The molecule has 19 heavy (non-hydrogen) atoms. The van der Waals surface area contributed by atoms with E-state index >= 15 is 0 Å². The molecule has 0 aliphatic rings. The van der Waals surface area contributed by atoms with Gasteiger partial charge in [0.05, 0.1) is 11.1 Å². The molecule has 5 nitrogen and oxygen atoms in total. The second-order valence-electron chi connectivity index (χ2n) is 5.48. The first-order chi connectivity index (χ1) is 8.37. The number of nitrogens with two attached hydrogens (primary N) is 1. The molecule has 0 fully saturated rings. The first kappa shape index (κ1) is 15.9. The molecule has 0 aliphatic heterocycles. The number of aliphatic hydroxyl groups is 1. The number of rotatable bonds is 4. The van der Waals surface area contributed by atoms with Crippen LogP contribution < -0.4 is 10.5 Å². The van der Waals surface area contributed by atoms with Crippen LogP contribution in [0.4, 0.5) is 10.1 Å². The second-order valence-corrected chi connectivity index (χ2v) is 7.13. The van der Waals surface area contributed by atoms with Crippen molar-refractivity contribution >= 4 is 15.7 Å². The van der Waals surface area contributed by atoms with Crippen LogP contribution in [0.25, 0.3) is 0 Å². The quantitative estimate of drug-likeness (QED) is 0.727. The maximum Gasteiger partial charge on any atom is 0.244 e. The molecule has 0 aliphatic carbocycles. The Hall–Kier alpha value is -1.18. The Kier molecular flexibility index (Phi) is 3.96. The minimum Gasteiger partial charge on any atom is -0.399 e. The monoisotopic (exact) mass is 290 g/mol. The third-order valence-electron chi connectivity index (χ3n) is 3.16. The lowest BCUT2D eigenvalue weighted by Gasteiger charge is -2.37. The summed E-state index contributed by atoms with van der Waals surface area (Å²) < 4.78 is 40.2. The fourth-order valence-corrected chi connectivity index (χ4v) is 2.85. The van der Waals surface area contributed by atoms with Crippen molar-refractivity contribution in [2.75, 3.05) is 5.73 Å². The van der Waals surface area contributed by atoms with Gasteiger partial charge in [0, 0.05) is 5.69 Å². The van der Waals surface area contributed by atoms with E-state index in [-0.39, 0.29) is 5.69 Å². The molecule has 0 aromatic heterocycles. The number of nitrogens with one attached hydrogen (secondary N) is 1. The van der Waals surface area contributed by atoms with Crippen LogP contribution in [-0.2, 0) is 10.0 Å². The molecule has 0 unspecified atom stereocenters. The van der Waals surface area contributed by atoms with Gasteiger partial charge in [-0.2, -0.15) is 0 Å². The van der Waals surface area contributed by atoms with E-state index in [0.717, 1.165) is 12.1 Å². The van der Waals surface area contributed by atoms with Gasteiger partial charge in [0.25, 0.3) is 0 Å². The molecule has 1 aromatic carbocycles. The Labute approximate surface area is 112 Å². The summed E-state index contributed by atoms with van der Waals surface area (Å²) in [7, 11) is -4.09. The molecule has 108 valence electrons. The summed E-state index contributed by atoms with van der Waals surface area (Å²) >= 11 is 0. The summed E-state index contributed by atoms with van der Waals surface area (Å²) in [5.74, 6) is -0.931. The van der Waals surface area contributed by atoms with Crippen LogP contribution in [0.2, 0.25) is 0 Å². The second kappa shape index (κ2) is 4.73. The number of anilines is 1. The number of nitrogen functional groups attached to an aromatic ring is 1. The minimum atomic E-state index is -4.09. The van der Waals surface area contributed by atoms with E-state index in [0.29, 0.717) is 0 Å². The molecule has 1 rings (SSSR count). The van der Waals surface area contributed by atoms with Crippen LogP contribution in [0.5, 0.6) is 0 Å². The van der Waals surface area contributed by atoms with Crippen LogP contribution in [0.3, 0.4) is 0 Å². The van der Waals surface area contributed by atoms with E-state index < -0.39 is 31.9 Å². The Morgan fingerprint density at radius 2 is 1.79 bits per heavy atom. The summed E-state index contributed by atoms with van der Waals surface area (Å²) in [5, 5.41) is 9.93. The zero-order chi connectivity index (χ0) is 15.1. The standard InChI is InChI=1S/C12H19FN2O3S/c1-11(2,12(3,4)16)15-19(17,18)10-6-5-8(14)7-9(10)13/h5-7,15-16H,14H2,1-4H3. The lowest BCUT2D eigenvalue weighted by atomic mass is 9.87. The van der Waals surface area contributed by atoms with Gasteiger partial charge in [-0.15, -0.1) is 0 Å². The van der Waals surface area contributed by atoms with Crippen LogP contribution >= 0.6 is 0 Å². The van der Waals surface area contributed by atoms with E-state index in [9.17, 15) is 17.9 Å². The summed E-state index contributed by atoms with van der Waals surface area (Å²) in [4.78, 5) is -0.501. The van der Waals surface area contributed by atoms with Gasteiger partial charge in [-0.25, -0.2) is 17.5 Å². The molecular weight excluding hydrogens is 271 g/mol. The maximum absolute atomic E-state index is 13.7. The highest BCUT2D eigenvalue weighted by Crippen LogP contribution is 2.25. The minimum absolute atomic E-state index is 0.137. The highest BCUT2D eigenvalue weighted by Gasteiger charge is 2.39. The van der Waals surface area contributed by atoms with E-state index in [4.69, 9.17) is 5.73 Å². The average molecular weight is 290 g/mol. The zero-order valence-electron chi connectivity index (χ0n) is 11.4. The lowest BCUT2D eigenvalue weighted by Crippen LogP contribution is -2.57. The molecular formula is C12H19FN2O3S. The summed E-state index contributed by atoms with van der Waals surface area (Å²) in [6.07, 6.45) is 0. The van der Waals surface area contributed by atoms with Crippen LogP contribution in [0.15, 0.2) is 23.1 Å². The predicted octanol–water partition coefficient (Wildman–Crippen LogP) is 1.24. The molecule has 4 N–H and O–H groups in total. The van der Waals surface area contributed by atoms with Gasteiger partial charge in [0.2, 0.25) is 10.0 Å².